The fraction of sp³-hybridized carbons (Fsp3) is 0.681. The van der Waals surface area contributed by atoms with Gasteiger partial charge in [0.05, 0.1) is 0 Å². The van der Waals surface area contributed by atoms with Crippen LogP contribution in [0.25, 0.3) is 0 Å². The zero-order chi connectivity index (χ0) is 45.6. The fourth-order valence-corrected chi connectivity index (χ4v) is 11.6. The molecular formula is C47H74AuN4O9. The van der Waals surface area contributed by atoms with Crippen LogP contribution in [-0.4, -0.2) is 124 Å². The van der Waals surface area contributed by atoms with Crippen molar-refractivity contribution < 1.29 is 63.0 Å². The molecule has 0 radical (unpaired) electrons. The summed E-state index contributed by atoms with van der Waals surface area (Å²) in [4.78, 5) is 74.4. The van der Waals surface area contributed by atoms with Crippen LogP contribution >= 0.6 is 0 Å². The van der Waals surface area contributed by atoms with Gasteiger partial charge in [-0.2, -0.15) is 0 Å². The predicted molar refractivity (Wildman–Crippen MR) is 233 cm³/mol. The molecule has 1 aromatic carbocycles. The van der Waals surface area contributed by atoms with E-state index in [2.05, 4.69) is 5.32 Å². The van der Waals surface area contributed by atoms with Gasteiger partial charge in [0.15, 0.2) is 0 Å². The Labute approximate surface area is 374 Å². The number of carbonyl (C=O) groups excluding carboxylic acids is 5. The van der Waals surface area contributed by atoms with Gasteiger partial charge < -0.3 is 10.1 Å². The van der Waals surface area contributed by atoms with E-state index in [0.29, 0.717) is 32.2 Å². The normalized spacial score (nSPS) is 21.6. The van der Waals surface area contributed by atoms with E-state index in [1.54, 1.807) is 26.2 Å². The number of likely N-dealkylation sites (N-methyl/N-ethyl adjacent to an activating group) is 2. The number of carbonyl (C=O) groups is 5. The van der Waals surface area contributed by atoms with Crippen molar-refractivity contribution in [3.05, 3.63) is 60.2 Å². The molecule has 1 fully saturated rings. The minimum atomic E-state index is -0.940. The van der Waals surface area contributed by atoms with Crippen molar-refractivity contribution in [2.24, 2.45) is 23.7 Å². The summed E-state index contributed by atoms with van der Waals surface area (Å²) < 4.78 is 17.8. The van der Waals surface area contributed by atoms with Gasteiger partial charge >= 0.3 is 251 Å². The zero-order valence-electron chi connectivity index (χ0n) is 38.6. The average molecular weight is 1040 g/mol. The number of nitrogens with one attached hydrogen (secondary N) is 1. The van der Waals surface area contributed by atoms with Crippen LogP contribution < -0.4 is 5.32 Å². The number of amides is 4. The van der Waals surface area contributed by atoms with Crippen molar-refractivity contribution >= 4 is 27.8 Å². The number of hydrogen-bond acceptors (Lipinski definition) is 9. The summed E-state index contributed by atoms with van der Waals surface area (Å²) in [6.07, 6.45) is 8.92. The molecule has 61 heavy (non-hydrogen) atoms. The molecule has 0 bridgehead atoms. The number of benzene rings is 1. The van der Waals surface area contributed by atoms with Crippen LogP contribution in [0.4, 0.5) is 4.79 Å². The number of nitrogens with zero attached hydrogens (tertiary/aromatic N) is 3. The maximum atomic E-state index is 14.5. The van der Waals surface area contributed by atoms with E-state index in [1.807, 2.05) is 115 Å². The van der Waals surface area contributed by atoms with Crippen LogP contribution in [0.5, 0.6) is 0 Å². The van der Waals surface area contributed by atoms with Gasteiger partial charge in [-0.25, -0.2) is 4.79 Å². The van der Waals surface area contributed by atoms with Gasteiger partial charge in [0.25, 0.3) is 0 Å². The predicted octanol–water partition coefficient (Wildman–Crippen LogP) is 6.40. The minimum absolute atomic E-state index is 0.00606. The van der Waals surface area contributed by atoms with Crippen LogP contribution in [0.1, 0.15) is 99.5 Å². The summed E-state index contributed by atoms with van der Waals surface area (Å²) in [7, 11) is 6.36. The van der Waals surface area contributed by atoms with Crippen LogP contribution in [0.3, 0.4) is 0 Å². The minimum Gasteiger partial charge on any atom is -0.445 e. The monoisotopic (exact) mass is 1040 g/mol. The summed E-state index contributed by atoms with van der Waals surface area (Å²) >= 11 is -0.782. The molecule has 13 nitrogen and oxygen atoms in total. The molecule has 1 aromatic rings. The number of rotatable bonds is 23. The van der Waals surface area contributed by atoms with Crippen LogP contribution in [0, 0.1) is 23.7 Å². The van der Waals surface area contributed by atoms with E-state index in [-0.39, 0.29) is 56.8 Å². The van der Waals surface area contributed by atoms with Crippen molar-refractivity contribution in [3.63, 3.8) is 0 Å². The van der Waals surface area contributed by atoms with Crippen LogP contribution in [0.15, 0.2) is 54.6 Å². The van der Waals surface area contributed by atoms with E-state index < -0.39 is 73.6 Å². The van der Waals surface area contributed by atoms with Crippen molar-refractivity contribution in [2.45, 2.75) is 147 Å². The quantitative estimate of drug-likeness (QED) is 0.119. The molecule has 1 saturated heterocycles. The molecule has 2 aliphatic rings. The molecule has 2 N–H and O–H groups in total. The molecule has 0 aromatic heterocycles. The molecular weight excluding hydrogens is 962 g/mol. The van der Waals surface area contributed by atoms with Gasteiger partial charge in [-0.1, -0.05) is 58.0 Å². The van der Waals surface area contributed by atoms with Gasteiger partial charge in [-0.3, -0.25) is 9.69 Å². The van der Waals surface area contributed by atoms with Gasteiger partial charge in [0, 0.05) is 7.05 Å². The molecule has 1 heterocycles. The molecule has 14 heteroatoms. The first-order valence-corrected chi connectivity index (χ1v) is 24.1. The number of aliphatic hydroxyl groups is 1. The summed E-state index contributed by atoms with van der Waals surface area (Å²) in [5.41, 5.74) is -0.119. The second-order valence-electron chi connectivity index (χ2n) is 17.5. The Morgan fingerprint density at radius 2 is 1.62 bits per heavy atom. The van der Waals surface area contributed by atoms with Gasteiger partial charge in [0.1, 0.15) is 12.6 Å². The van der Waals surface area contributed by atoms with Gasteiger partial charge in [-0.15, -0.1) is 0 Å². The molecule has 4 amide bonds. The molecule has 1 aliphatic heterocycles. The van der Waals surface area contributed by atoms with Crippen LogP contribution in [-0.2, 0) is 59.7 Å². The first kappa shape index (κ1) is 52.0. The number of likely N-dealkylation sites (tertiary alicyclic amines) is 1. The summed E-state index contributed by atoms with van der Waals surface area (Å²) in [5, 5.41) is 14.0. The molecule has 3 rings (SSSR count). The summed E-state index contributed by atoms with van der Waals surface area (Å²) in [6, 6.07) is 6.63. The van der Waals surface area contributed by atoms with Gasteiger partial charge in [0.2, 0.25) is 5.91 Å². The third-order valence-corrected chi connectivity index (χ3v) is 15.3. The van der Waals surface area contributed by atoms with E-state index >= 15 is 0 Å². The molecule has 0 saturated carbocycles. The number of methoxy groups -OCH3 is 2. The Morgan fingerprint density at radius 3 is 2.18 bits per heavy atom. The first-order valence-electron chi connectivity index (χ1n) is 21.8. The topological polar surface area (TPSA) is 155 Å². The molecule has 1 aliphatic carbocycles. The average Bonchev–Trinajstić information content (AvgIpc) is 3.71. The molecule has 347 valence electrons. The Bertz CT molecular complexity index is 1660. The second-order valence-corrected chi connectivity index (χ2v) is 21.3. The SMILES string of the molecule is CC[C@H](C)[C@@H]([C@@H](CC(=O)N1CCC[C@H]1[C@H](OC)[C@@H](C)[C](=O)[Au][C@H](C)C[C@]1(O)C=CC=CC1)OC)N(C)C(=O)[C@@H](NC(=O)[C@H](C(C)C)N(C)C(=O)OCc1ccccc1)C(C)C. The third kappa shape index (κ3) is 14.3. The summed E-state index contributed by atoms with van der Waals surface area (Å²) in [6.45, 7) is 15.9. The maximum absolute atomic E-state index is 14.5. The second kappa shape index (κ2) is 24.5. The standard InChI is InChI=1S/C38H61N4O8.C9H13O.Au/c1-12-26(6)34(30(48-10)21-31(44)42-20-16-19-29(42)35(49-11)27(7)22-43)40(8)37(46)32(24(2)3)39-36(45)33(25(4)5)41(9)38(47)50-23-28-17-14-13-15-18-28;1-2-6-9(10)7-4-3-5-8-9;/h13-15,17-18,24-27,29-30,32-35H,12,16,19-21,23H2,1-11H3,(H,39,45);2-5,7,10H,6,8H2,1H3;/t26-,27-,29-,30+,32-,33-,34-,35+;9-;/m00./s1. The van der Waals surface area contributed by atoms with Crippen LogP contribution in [0.2, 0.25) is 4.14 Å². The Kier molecular flexibility index (Phi) is 20.9. The fourth-order valence-electron chi connectivity index (χ4n) is 8.63. The van der Waals surface area contributed by atoms with E-state index in [1.165, 1.54) is 11.9 Å². The van der Waals surface area contributed by atoms with E-state index in [9.17, 15) is 29.1 Å². The van der Waals surface area contributed by atoms with E-state index in [0.717, 1.165) is 12.0 Å². The van der Waals surface area contributed by atoms with Crippen molar-refractivity contribution in [3.8, 4) is 0 Å². The number of allylic oxidation sites excluding steroid dienone is 2. The zero-order valence-corrected chi connectivity index (χ0v) is 40.7. The van der Waals surface area contributed by atoms with E-state index in [4.69, 9.17) is 14.2 Å². The third-order valence-electron chi connectivity index (χ3n) is 12.2. The number of hydrogen-bond donors (Lipinski definition) is 2. The van der Waals surface area contributed by atoms with Crippen molar-refractivity contribution in [1.29, 1.82) is 0 Å². The molecule has 0 unspecified atom stereocenters. The Balaban J connectivity index is 1.74. The Hall–Kier alpha value is -3.33. The smallest absolute Gasteiger partial charge is 0.445 e. The molecule has 10 atom stereocenters. The molecule has 0 spiro atoms. The van der Waals surface area contributed by atoms with Crippen molar-refractivity contribution in [1.82, 2.24) is 20.0 Å². The van der Waals surface area contributed by atoms with Crippen molar-refractivity contribution in [2.75, 3.05) is 34.9 Å². The summed E-state index contributed by atoms with van der Waals surface area (Å²) in [5.74, 6) is -2.04. The number of ether oxygens (including phenoxy) is 3. The first-order chi connectivity index (χ1) is 28.8. The Morgan fingerprint density at radius 1 is 0.951 bits per heavy atom. The van der Waals surface area contributed by atoms with Gasteiger partial charge in [-0.05, 0) is 17.4 Å².